The van der Waals surface area contributed by atoms with Crippen molar-refractivity contribution in [1.29, 1.82) is 0 Å². The summed E-state index contributed by atoms with van der Waals surface area (Å²) in [4.78, 5) is 0. The van der Waals surface area contributed by atoms with Crippen molar-refractivity contribution in [2.24, 2.45) is 0 Å². The summed E-state index contributed by atoms with van der Waals surface area (Å²) in [7, 11) is 0. The highest BCUT2D eigenvalue weighted by Gasteiger charge is 2.20. The van der Waals surface area contributed by atoms with Gasteiger partial charge in [-0.15, -0.1) is 0 Å². The second-order valence-corrected chi connectivity index (χ2v) is 12.1. The molecule has 10 aromatic rings. The van der Waals surface area contributed by atoms with E-state index in [0.717, 1.165) is 5.69 Å². The van der Waals surface area contributed by atoms with Gasteiger partial charge in [-0.1, -0.05) is 133 Å². The molecular formula is C44H28N2. The normalized spacial score (nSPS) is 11.9. The third-order valence-electron chi connectivity index (χ3n) is 9.67. The van der Waals surface area contributed by atoms with Crippen molar-refractivity contribution in [3.63, 3.8) is 0 Å². The summed E-state index contributed by atoms with van der Waals surface area (Å²) in [6.45, 7) is 0. The second kappa shape index (κ2) is 9.69. The first-order valence-electron chi connectivity index (χ1n) is 15.9. The van der Waals surface area contributed by atoms with E-state index in [4.69, 9.17) is 0 Å². The van der Waals surface area contributed by atoms with Gasteiger partial charge >= 0.3 is 0 Å². The second-order valence-electron chi connectivity index (χ2n) is 12.1. The molecule has 2 nitrogen and oxygen atoms in total. The van der Waals surface area contributed by atoms with E-state index < -0.39 is 0 Å². The van der Waals surface area contributed by atoms with Crippen LogP contribution in [0.4, 0.5) is 0 Å². The number of fused-ring (bicyclic) bond motifs is 11. The number of hydrogen-bond donors (Lipinski definition) is 0. The molecule has 10 rings (SSSR count). The Morgan fingerprint density at radius 2 is 0.848 bits per heavy atom. The van der Waals surface area contributed by atoms with E-state index in [1.54, 1.807) is 0 Å². The minimum absolute atomic E-state index is 1.16. The Labute approximate surface area is 266 Å². The molecule has 3 aromatic heterocycles. The third-order valence-corrected chi connectivity index (χ3v) is 9.67. The van der Waals surface area contributed by atoms with E-state index in [9.17, 15) is 0 Å². The summed E-state index contributed by atoms with van der Waals surface area (Å²) in [5.74, 6) is 0. The first kappa shape index (κ1) is 25.2. The molecule has 0 radical (unpaired) electrons. The first-order valence-corrected chi connectivity index (χ1v) is 15.9. The summed E-state index contributed by atoms with van der Waals surface area (Å²) >= 11 is 0. The molecule has 0 bridgehead atoms. The van der Waals surface area contributed by atoms with E-state index in [-0.39, 0.29) is 0 Å². The summed E-state index contributed by atoms with van der Waals surface area (Å²) < 4.78 is 4.89. The van der Waals surface area contributed by atoms with Crippen molar-refractivity contribution < 1.29 is 0 Å². The molecule has 2 heteroatoms. The Hall–Kier alpha value is -6.12. The van der Waals surface area contributed by atoms with E-state index in [1.165, 1.54) is 82.2 Å². The fraction of sp³-hybridized carbons (Fsp3) is 0. The lowest BCUT2D eigenvalue weighted by Gasteiger charge is -2.12. The maximum Gasteiger partial charge on any atom is 0.0625 e. The monoisotopic (exact) mass is 584 g/mol. The molecule has 0 saturated carbocycles. The minimum Gasteiger partial charge on any atom is -0.309 e. The molecule has 0 saturated heterocycles. The van der Waals surface area contributed by atoms with Gasteiger partial charge in [0.25, 0.3) is 0 Å². The predicted octanol–water partition coefficient (Wildman–Crippen LogP) is 11.8. The first-order chi connectivity index (χ1) is 22.8. The van der Waals surface area contributed by atoms with Crippen LogP contribution < -0.4 is 0 Å². The Bertz CT molecular complexity index is 2740. The topological polar surface area (TPSA) is 9.34 Å². The van der Waals surface area contributed by atoms with E-state index in [2.05, 4.69) is 179 Å². The average Bonchev–Trinajstić information content (AvgIpc) is 3.66. The van der Waals surface area contributed by atoms with E-state index >= 15 is 0 Å². The van der Waals surface area contributed by atoms with Crippen LogP contribution in [0.5, 0.6) is 0 Å². The Balaban J connectivity index is 1.28. The summed E-state index contributed by atoms with van der Waals surface area (Å²) in [6, 6.07) is 61.9. The molecule has 214 valence electrons. The molecule has 0 aliphatic heterocycles. The maximum absolute atomic E-state index is 2.50. The SMILES string of the molecule is c1ccc(-c2c3ccc(-c4cccc(-n5c6ccccc6c6ccccc65)c4)cc3n3c4ccccc4c4ccccc4c23)cc1. The molecule has 0 aliphatic carbocycles. The number of nitrogens with zero attached hydrogens (tertiary/aromatic N) is 2. The summed E-state index contributed by atoms with van der Waals surface area (Å²) in [5.41, 5.74) is 12.2. The number of para-hydroxylation sites is 3. The zero-order chi connectivity index (χ0) is 30.2. The quantitative estimate of drug-likeness (QED) is 0.183. The molecule has 7 aromatic carbocycles. The van der Waals surface area contributed by atoms with Crippen molar-refractivity contribution in [3.8, 4) is 27.9 Å². The van der Waals surface area contributed by atoms with Gasteiger partial charge in [0.15, 0.2) is 0 Å². The van der Waals surface area contributed by atoms with Crippen LogP contribution in [0.3, 0.4) is 0 Å². The third kappa shape index (κ3) is 3.53. The number of benzene rings is 7. The van der Waals surface area contributed by atoms with E-state index in [1.807, 2.05) is 0 Å². The maximum atomic E-state index is 2.50. The van der Waals surface area contributed by atoms with Gasteiger partial charge in [-0.25, -0.2) is 0 Å². The summed E-state index contributed by atoms with van der Waals surface area (Å²) in [5, 5.41) is 7.63. The predicted molar refractivity (Wildman–Crippen MR) is 195 cm³/mol. The largest absolute Gasteiger partial charge is 0.309 e. The lowest BCUT2D eigenvalue weighted by molar-refractivity contribution is 1.18. The van der Waals surface area contributed by atoms with Gasteiger partial charge in [-0.2, -0.15) is 0 Å². The molecular weight excluding hydrogens is 556 g/mol. The zero-order valence-electron chi connectivity index (χ0n) is 25.1. The zero-order valence-corrected chi connectivity index (χ0v) is 25.1. The molecule has 0 unspecified atom stereocenters. The van der Waals surface area contributed by atoms with Gasteiger partial charge < -0.3 is 8.97 Å². The molecule has 3 heterocycles. The van der Waals surface area contributed by atoms with E-state index in [0.29, 0.717) is 0 Å². The van der Waals surface area contributed by atoms with Gasteiger partial charge in [0.1, 0.15) is 0 Å². The van der Waals surface area contributed by atoms with Gasteiger partial charge in [0, 0.05) is 38.2 Å². The van der Waals surface area contributed by atoms with Gasteiger partial charge in [0.05, 0.1) is 27.6 Å². The Morgan fingerprint density at radius 3 is 1.57 bits per heavy atom. The smallest absolute Gasteiger partial charge is 0.0625 e. The Morgan fingerprint density at radius 1 is 0.304 bits per heavy atom. The highest BCUT2D eigenvalue weighted by molar-refractivity contribution is 6.22. The molecule has 0 amide bonds. The van der Waals surface area contributed by atoms with Gasteiger partial charge in [-0.3, -0.25) is 0 Å². The van der Waals surface area contributed by atoms with Crippen molar-refractivity contribution >= 4 is 59.9 Å². The summed E-state index contributed by atoms with van der Waals surface area (Å²) in [6.07, 6.45) is 0. The van der Waals surface area contributed by atoms with Crippen molar-refractivity contribution in [3.05, 3.63) is 170 Å². The van der Waals surface area contributed by atoms with Crippen LogP contribution in [0.1, 0.15) is 0 Å². The number of hydrogen-bond acceptors (Lipinski definition) is 0. The van der Waals surface area contributed by atoms with Crippen LogP contribution in [0.15, 0.2) is 170 Å². The molecule has 0 atom stereocenters. The van der Waals surface area contributed by atoms with Crippen molar-refractivity contribution in [1.82, 2.24) is 8.97 Å². The lowest BCUT2D eigenvalue weighted by Crippen LogP contribution is -1.94. The average molecular weight is 585 g/mol. The van der Waals surface area contributed by atoms with Crippen LogP contribution in [-0.4, -0.2) is 8.97 Å². The van der Waals surface area contributed by atoms with Crippen LogP contribution in [-0.2, 0) is 0 Å². The minimum atomic E-state index is 1.16. The van der Waals surface area contributed by atoms with Crippen LogP contribution in [0.25, 0.3) is 87.8 Å². The molecule has 0 N–H and O–H groups in total. The lowest BCUT2D eigenvalue weighted by atomic mass is 9.97. The van der Waals surface area contributed by atoms with Crippen LogP contribution in [0.2, 0.25) is 0 Å². The van der Waals surface area contributed by atoms with Crippen LogP contribution >= 0.6 is 0 Å². The highest BCUT2D eigenvalue weighted by Crippen LogP contribution is 2.43. The fourth-order valence-electron chi connectivity index (χ4n) is 7.72. The van der Waals surface area contributed by atoms with Crippen molar-refractivity contribution in [2.45, 2.75) is 0 Å². The Kier molecular flexibility index (Phi) is 5.31. The molecule has 46 heavy (non-hydrogen) atoms. The standard InChI is InChI=1S/C44H28N2/c1-2-13-29(14-3-1)43-38-26-25-31(28-42(38)46-41-24-11-6-18-34(41)33-17-4-5-21-37(33)44(43)46)30-15-12-16-32(27-30)45-39-22-9-7-19-35(39)36-20-8-10-23-40(36)45/h1-28H. The van der Waals surface area contributed by atoms with Crippen LogP contribution in [0, 0.1) is 0 Å². The highest BCUT2D eigenvalue weighted by atomic mass is 15.0. The van der Waals surface area contributed by atoms with Gasteiger partial charge in [-0.05, 0) is 58.5 Å². The molecule has 0 fully saturated rings. The van der Waals surface area contributed by atoms with Crippen molar-refractivity contribution in [2.75, 3.05) is 0 Å². The molecule has 0 spiro atoms. The number of pyridine rings is 1. The molecule has 0 aliphatic rings. The fourth-order valence-corrected chi connectivity index (χ4v) is 7.72. The number of aromatic nitrogens is 2. The number of rotatable bonds is 3. The van der Waals surface area contributed by atoms with Gasteiger partial charge in [0.2, 0.25) is 0 Å².